The largest absolute Gasteiger partial charge is 0.448 e. The van der Waals surface area contributed by atoms with Crippen molar-refractivity contribution in [2.45, 2.75) is 52.4 Å². The van der Waals surface area contributed by atoms with Crippen molar-refractivity contribution in [2.24, 2.45) is 34.0 Å². The van der Waals surface area contributed by atoms with Crippen molar-refractivity contribution in [3.05, 3.63) is 11.6 Å². The van der Waals surface area contributed by atoms with Crippen LogP contribution in [-0.4, -0.2) is 17.8 Å². The van der Waals surface area contributed by atoms with E-state index in [1.54, 1.807) is 13.8 Å². The molecule has 0 spiro atoms. The highest BCUT2D eigenvalue weighted by Crippen LogP contribution is 2.67. The van der Waals surface area contributed by atoms with Gasteiger partial charge in [0.25, 0.3) is 0 Å². The van der Waals surface area contributed by atoms with Gasteiger partial charge in [0.1, 0.15) is 6.10 Å². The highest BCUT2D eigenvalue weighted by Gasteiger charge is 2.79. The quantitative estimate of drug-likeness (QED) is 0.729. The second kappa shape index (κ2) is 4.67. The predicted octanol–water partition coefficient (Wildman–Crippen LogP) is 3.28. The number of allylic oxidation sites excluding steroid dienone is 1. The van der Waals surface area contributed by atoms with Crippen molar-refractivity contribution in [3.8, 4) is 18.2 Å². The standard InChI is InChI=1S/C20H22N4O2/c1-11-18(4)25-15(13-6-5-12-7-14(13)17(12,2)3)20(10-23,16(24)26-18)19(11,8-21)9-22/h6,11-12,14-15,24H,5,7H2,1-4H3/t11-,12-,14+,15-,18+,20+/m0/s1. The molecular weight excluding hydrogens is 328 g/mol. The van der Waals surface area contributed by atoms with Crippen LogP contribution < -0.4 is 0 Å². The monoisotopic (exact) mass is 350 g/mol. The number of rotatable bonds is 1. The summed E-state index contributed by atoms with van der Waals surface area (Å²) in [5, 5.41) is 38.7. The van der Waals surface area contributed by atoms with Gasteiger partial charge < -0.3 is 9.47 Å². The lowest BCUT2D eigenvalue weighted by Gasteiger charge is -2.64. The molecule has 3 heterocycles. The maximum Gasteiger partial charge on any atom is 0.215 e. The summed E-state index contributed by atoms with van der Waals surface area (Å²) >= 11 is 0. The van der Waals surface area contributed by atoms with Crippen LogP contribution in [0, 0.1) is 73.4 Å². The van der Waals surface area contributed by atoms with E-state index in [1.807, 2.05) is 0 Å². The third kappa shape index (κ3) is 1.49. The van der Waals surface area contributed by atoms with E-state index in [-0.39, 0.29) is 17.2 Å². The third-order valence-electron chi connectivity index (χ3n) is 7.81. The number of hydrogen-bond acceptors (Lipinski definition) is 6. The molecule has 134 valence electrons. The second-order valence-corrected chi connectivity index (χ2v) is 8.86. The molecule has 0 aromatic carbocycles. The molecule has 3 aliphatic carbocycles. The molecule has 6 aliphatic rings. The van der Waals surface area contributed by atoms with Gasteiger partial charge in [0.15, 0.2) is 10.8 Å². The van der Waals surface area contributed by atoms with E-state index in [9.17, 15) is 15.8 Å². The smallest absolute Gasteiger partial charge is 0.215 e. The molecular formula is C20H22N4O2. The summed E-state index contributed by atoms with van der Waals surface area (Å²) in [5.74, 6) is -1.42. The van der Waals surface area contributed by atoms with Crippen LogP contribution >= 0.6 is 0 Å². The highest BCUT2D eigenvalue weighted by atomic mass is 16.7. The van der Waals surface area contributed by atoms with Crippen LogP contribution in [0.2, 0.25) is 0 Å². The summed E-state index contributed by atoms with van der Waals surface area (Å²) in [5.41, 5.74) is -2.39. The number of ether oxygens (including phenoxy) is 2. The number of hydrogen-bond donors (Lipinski definition) is 1. The SMILES string of the molecule is C[C@@H]1C(C#N)(C#N)[C@@]2(C#N)C(=N)O[C@@]1(C)O[C@H]2C1=CC[C@H]2C[C@H]1C2(C)C. The van der Waals surface area contributed by atoms with Crippen molar-refractivity contribution in [1.82, 2.24) is 0 Å². The maximum absolute atomic E-state index is 10.2. The number of nitriles is 3. The van der Waals surface area contributed by atoms with Gasteiger partial charge in [0.05, 0.1) is 24.1 Å². The highest BCUT2D eigenvalue weighted by molar-refractivity contribution is 5.89. The lowest BCUT2D eigenvalue weighted by atomic mass is 9.44. The normalized spacial score (nSPS) is 46.7. The zero-order chi connectivity index (χ0) is 19.1. The molecule has 3 saturated heterocycles. The Balaban J connectivity index is 1.94. The van der Waals surface area contributed by atoms with Gasteiger partial charge in [-0.2, -0.15) is 15.8 Å². The van der Waals surface area contributed by atoms with Gasteiger partial charge in [0, 0.05) is 6.92 Å². The number of nitrogens with one attached hydrogen (secondary N) is 1. The van der Waals surface area contributed by atoms with Crippen LogP contribution in [0.3, 0.4) is 0 Å². The van der Waals surface area contributed by atoms with Crippen molar-refractivity contribution in [3.63, 3.8) is 0 Å². The van der Waals surface area contributed by atoms with Gasteiger partial charge in [0.2, 0.25) is 11.7 Å². The number of fused-ring (bicyclic) bond motifs is 5. The van der Waals surface area contributed by atoms with E-state index in [1.165, 1.54) is 0 Å². The molecule has 0 aromatic heterocycles. The Morgan fingerprint density at radius 1 is 1.15 bits per heavy atom. The number of nitrogens with zero attached hydrogens (tertiary/aromatic N) is 3. The molecule has 0 unspecified atom stereocenters. The van der Waals surface area contributed by atoms with Gasteiger partial charge in [-0.25, -0.2) is 0 Å². The zero-order valence-electron chi connectivity index (χ0n) is 15.5. The van der Waals surface area contributed by atoms with Gasteiger partial charge in [-0.1, -0.05) is 26.8 Å². The molecule has 1 saturated carbocycles. The Kier molecular flexibility index (Phi) is 3.07. The molecule has 0 radical (unpaired) electrons. The minimum absolute atomic E-state index is 0.0955. The minimum Gasteiger partial charge on any atom is -0.448 e. The van der Waals surface area contributed by atoms with E-state index in [2.05, 4.69) is 38.1 Å². The molecule has 4 fully saturated rings. The average Bonchev–Trinajstić information content (AvgIpc) is 2.63. The Morgan fingerprint density at radius 3 is 2.31 bits per heavy atom. The van der Waals surface area contributed by atoms with E-state index >= 15 is 0 Å². The first-order valence-corrected chi connectivity index (χ1v) is 9.04. The van der Waals surface area contributed by atoms with E-state index < -0.39 is 28.6 Å². The van der Waals surface area contributed by atoms with E-state index in [4.69, 9.17) is 14.9 Å². The molecule has 0 aromatic rings. The molecule has 6 rings (SSSR count). The Morgan fingerprint density at radius 2 is 1.81 bits per heavy atom. The van der Waals surface area contributed by atoms with Crippen LogP contribution in [0.15, 0.2) is 11.6 Å². The van der Waals surface area contributed by atoms with Crippen molar-refractivity contribution in [1.29, 1.82) is 21.2 Å². The zero-order valence-corrected chi connectivity index (χ0v) is 15.5. The molecule has 0 amide bonds. The minimum atomic E-state index is -1.75. The fourth-order valence-electron chi connectivity index (χ4n) is 5.66. The summed E-state index contributed by atoms with van der Waals surface area (Å²) in [4.78, 5) is 0. The van der Waals surface area contributed by atoms with Gasteiger partial charge in [-0.05, 0) is 35.7 Å². The summed E-state index contributed by atoms with van der Waals surface area (Å²) in [6.45, 7) is 7.79. The molecule has 26 heavy (non-hydrogen) atoms. The lowest BCUT2D eigenvalue weighted by Crippen LogP contribution is -2.75. The van der Waals surface area contributed by atoms with Gasteiger partial charge in [-0.3, -0.25) is 5.41 Å². The molecule has 4 bridgehead atoms. The fourth-order valence-corrected chi connectivity index (χ4v) is 5.66. The first-order valence-electron chi connectivity index (χ1n) is 9.04. The molecule has 6 nitrogen and oxygen atoms in total. The van der Waals surface area contributed by atoms with Crippen LogP contribution in [0.1, 0.15) is 40.5 Å². The fraction of sp³-hybridized carbons (Fsp3) is 0.700. The summed E-state index contributed by atoms with van der Waals surface area (Å²) in [7, 11) is 0. The molecule has 3 aliphatic heterocycles. The Hall–Kier alpha value is -2.36. The third-order valence-corrected chi connectivity index (χ3v) is 7.81. The topological polar surface area (TPSA) is 114 Å². The van der Waals surface area contributed by atoms with E-state index in [0.29, 0.717) is 5.92 Å². The van der Waals surface area contributed by atoms with Crippen LogP contribution in [-0.2, 0) is 9.47 Å². The lowest BCUT2D eigenvalue weighted by molar-refractivity contribution is -0.329. The Labute approximate surface area is 153 Å². The van der Waals surface area contributed by atoms with Gasteiger partial charge >= 0.3 is 0 Å². The predicted molar refractivity (Wildman–Crippen MR) is 91.0 cm³/mol. The van der Waals surface area contributed by atoms with Crippen molar-refractivity contribution >= 4 is 5.90 Å². The second-order valence-electron chi connectivity index (χ2n) is 8.86. The molecule has 6 heteroatoms. The molecule has 1 N–H and O–H groups in total. The Bertz CT molecular complexity index is 856. The summed E-state index contributed by atoms with van der Waals surface area (Å²) < 4.78 is 11.9. The van der Waals surface area contributed by atoms with Crippen LogP contribution in [0.25, 0.3) is 0 Å². The maximum atomic E-state index is 10.2. The molecule has 6 atom stereocenters. The summed E-state index contributed by atoms with van der Waals surface area (Å²) in [6, 6.07) is 6.35. The summed E-state index contributed by atoms with van der Waals surface area (Å²) in [6.07, 6.45) is 3.22. The van der Waals surface area contributed by atoms with Gasteiger partial charge in [-0.15, -0.1) is 0 Å². The van der Waals surface area contributed by atoms with Crippen molar-refractivity contribution < 1.29 is 9.47 Å². The van der Waals surface area contributed by atoms with Crippen molar-refractivity contribution in [2.75, 3.05) is 0 Å². The average molecular weight is 350 g/mol. The first-order chi connectivity index (χ1) is 12.1. The van der Waals surface area contributed by atoms with Crippen LogP contribution in [0.4, 0.5) is 0 Å². The first kappa shape index (κ1) is 17.1. The van der Waals surface area contributed by atoms with E-state index in [0.717, 1.165) is 18.4 Å². The van der Waals surface area contributed by atoms with Crippen LogP contribution in [0.5, 0.6) is 0 Å².